The van der Waals surface area contributed by atoms with Gasteiger partial charge in [-0.3, -0.25) is 19.2 Å². The topological polar surface area (TPSA) is 224 Å². The fraction of sp³-hybridized carbons (Fsp3) is 0.661. The maximum Gasteiger partial charge on any atom is 0.313 e. The van der Waals surface area contributed by atoms with Crippen molar-refractivity contribution in [3.05, 3.63) is 50.7 Å². The summed E-state index contributed by atoms with van der Waals surface area (Å²) in [5.41, 5.74) is 7.56. The molecule has 1 aromatic carbocycles. The number of halogens is 4. The number of hydrogen-bond donors (Lipinski definition) is 1. The van der Waals surface area contributed by atoms with E-state index in [1.165, 1.54) is 11.3 Å². The second kappa shape index (κ2) is 39.4. The predicted molar refractivity (Wildman–Crippen MR) is 289 cm³/mol. The van der Waals surface area contributed by atoms with Gasteiger partial charge >= 0.3 is 11.9 Å². The highest BCUT2D eigenvalue weighted by atomic mass is 32.1. The Morgan fingerprint density at radius 1 is 0.654 bits per heavy atom. The van der Waals surface area contributed by atoms with Crippen molar-refractivity contribution in [2.75, 3.05) is 158 Å². The first-order valence-corrected chi connectivity index (χ1v) is 28.5. The number of nitrogens with zero attached hydrogens (tertiary/aromatic N) is 3. The van der Waals surface area contributed by atoms with Crippen LogP contribution in [0.15, 0.2) is 22.7 Å². The molecule has 2 fully saturated rings. The second-order valence-electron chi connectivity index (χ2n) is 18.8. The molecular formula is C56H78F4N4O16S. The Kier molecular flexibility index (Phi) is 32.4. The minimum absolute atomic E-state index is 0.0146. The van der Waals surface area contributed by atoms with Crippen LogP contribution >= 0.6 is 11.3 Å². The molecule has 1 saturated carbocycles. The van der Waals surface area contributed by atoms with Crippen LogP contribution in [-0.2, 0) is 71.3 Å². The lowest BCUT2D eigenvalue weighted by Crippen LogP contribution is -2.49. The number of rotatable bonds is 43. The third-order valence-electron chi connectivity index (χ3n) is 12.3. The van der Waals surface area contributed by atoms with Gasteiger partial charge in [0, 0.05) is 50.7 Å². The van der Waals surface area contributed by atoms with Crippen molar-refractivity contribution in [1.82, 2.24) is 9.80 Å². The lowest BCUT2D eigenvalue weighted by atomic mass is 9.96. The first-order valence-electron chi connectivity index (χ1n) is 27.7. The van der Waals surface area contributed by atoms with E-state index < -0.39 is 41.4 Å². The molecule has 2 N–H and O–H groups in total. The molecule has 1 aliphatic carbocycles. The zero-order valence-corrected chi connectivity index (χ0v) is 47.1. The van der Waals surface area contributed by atoms with E-state index in [1.807, 2.05) is 24.0 Å². The Hall–Kier alpha value is -5.11. The van der Waals surface area contributed by atoms with Gasteiger partial charge in [-0.1, -0.05) is 18.8 Å². The van der Waals surface area contributed by atoms with Gasteiger partial charge in [0.25, 0.3) is 0 Å². The van der Waals surface area contributed by atoms with Crippen LogP contribution in [0.25, 0.3) is 6.08 Å². The molecular weight excluding hydrogens is 1090 g/mol. The summed E-state index contributed by atoms with van der Waals surface area (Å²) in [5, 5.41) is 0. The summed E-state index contributed by atoms with van der Waals surface area (Å²) in [5.74, 6) is -2.79. The zero-order valence-electron chi connectivity index (χ0n) is 46.3. The number of fused-ring (bicyclic) bond motifs is 1. The van der Waals surface area contributed by atoms with Crippen molar-refractivity contribution < 1.29 is 93.6 Å². The van der Waals surface area contributed by atoms with Gasteiger partial charge < -0.3 is 72.4 Å². The van der Waals surface area contributed by atoms with Gasteiger partial charge in [-0.15, -0.1) is 11.3 Å². The van der Waals surface area contributed by atoms with Crippen molar-refractivity contribution >= 4 is 52.7 Å². The maximum atomic E-state index is 13.7. The first-order chi connectivity index (χ1) is 39.4. The third kappa shape index (κ3) is 26.3. The fourth-order valence-corrected chi connectivity index (χ4v) is 8.71. The average Bonchev–Trinajstić information content (AvgIpc) is 3.72. The molecule has 2 amide bonds. The molecule has 0 spiro atoms. The smallest absolute Gasteiger partial charge is 0.313 e. The van der Waals surface area contributed by atoms with Gasteiger partial charge in [0.1, 0.15) is 11.9 Å². The quantitative estimate of drug-likeness (QED) is 0.0202. The summed E-state index contributed by atoms with van der Waals surface area (Å²) in [7, 11) is 0. The van der Waals surface area contributed by atoms with Crippen molar-refractivity contribution in [3.63, 3.8) is 0 Å². The monoisotopic (exact) mass is 1170 g/mol. The third-order valence-corrected chi connectivity index (χ3v) is 13.3. The van der Waals surface area contributed by atoms with Crippen molar-refractivity contribution in [2.45, 2.75) is 77.2 Å². The van der Waals surface area contributed by atoms with Crippen molar-refractivity contribution in [1.29, 1.82) is 0 Å². The molecule has 5 rings (SSSR count). The summed E-state index contributed by atoms with van der Waals surface area (Å²) >= 11 is 1.47. The molecule has 2 aliphatic heterocycles. The number of benzene rings is 1. The van der Waals surface area contributed by atoms with E-state index >= 15 is 0 Å². The minimum Gasteiger partial charge on any atom is -0.462 e. The summed E-state index contributed by atoms with van der Waals surface area (Å²) in [6, 6.07) is 1.91. The maximum absolute atomic E-state index is 13.7. The molecule has 20 nitrogen and oxygen atoms in total. The van der Waals surface area contributed by atoms with E-state index in [1.54, 1.807) is 4.90 Å². The van der Waals surface area contributed by atoms with Gasteiger partial charge in [-0.25, -0.2) is 13.8 Å². The van der Waals surface area contributed by atoms with Gasteiger partial charge in [-0.2, -0.15) is 8.78 Å². The number of unbranched alkanes of at least 4 members (excludes halogenated alkanes) is 1. The molecule has 0 unspecified atom stereocenters. The molecule has 81 heavy (non-hydrogen) atoms. The lowest BCUT2D eigenvalue weighted by molar-refractivity contribution is -0.153. The number of esters is 2. The van der Waals surface area contributed by atoms with Gasteiger partial charge in [0.05, 0.1) is 166 Å². The number of thiophene rings is 1. The number of nitrogens with two attached hydrogens (primary N) is 1. The number of carbonyl (C=O) groups excluding carboxylic acids is 4. The minimum atomic E-state index is -1.80. The highest BCUT2D eigenvalue weighted by molar-refractivity contribution is 7.14. The van der Waals surface area contributed by atoms with Crippen LogP contribution in [0, 0.1) is 41.0 Å². The number of likely N-dealkylation sites (tertiary alicyclic amines) is 1. The zero-order chi connectivity index (χ0) is 57.9. The Bertz CT molecular complexity index is 2330. The molecule has 0 atom stereocenters. The largest absolute Gasteiger partial charge is 0.462 e. The average molecular weight is 1170 g/mol. The number of ether oxygens (including phenoxy) is 12. The first kappa shape index (κ1) is 66.7. The van der Waals surface area contributed by atoms with E-state index in [0.717, 1.165) is 35.4 Å². The van der Waals surface area contributed by atoms with Crippen molar-refractivity contribution in [3.8, 4) is 17.6 Å². The molecule has 452 valence electrons. The molecule has 3 heterocycles. The number of hydrogen-bond acceptors (Lipinski definition) is 19. The van der Waals surface area contributed by atoms with Crippen LogP contribution in [0.3, 0.4) is 0 Å². The van der Waals surface area contributed by atoms with Crippen LogP contribution in [0.4, 0.5) is 23.2 Å². The molecule has 1 aromatic heterocycles. The lowest BCUT2D eigenvalue weighted by Gasteiger charge is -2.36. The van der Waals surface area contributed by atoms with Crippen LogP contribution in [-0.4, -0.2) is 204 Å². The summed E-state index contributed by atoms with van der Waals surface area (Å²) < 4.78 is 118. The normalized spacial score (nSPS) is 14.3. The summed E-state index contributed by atoms with van der Waals surface area (Å²) in [4.78, 5) is 60.1. The Labute approximate surface area is 475 Å². The number of amides is 2. The summed E-state index contributed by atoms with van der Waals surface area (Å²) in [6.07, 6.45) is 7.65. The second-order valence-corrected chi connectivity index (χ2v) is 19.8. The highest BCUT2D eigenvalue weighted by Crippen LogP contribution is 2.35. The number of carbonyl (C=O) groups is 4. The van der Waals surface area contributed by atoms with Crippen molar-refractivity contribution in [2.24, 2.45) is 16.6 Å². The van der Waals surface area contributed by atoms with E-state index in [-0.39, 0.29) is 75.1 Å². The standard InChI is InChI=1S/C56H78F4N4O16S/c1-2-13-63(14-4-3-8-51(66)79-43-6-5-7-43)56(68)42-35-48-47(62-49(61)36-42)37-44(81-48)10-9-41-39-64(40-41)50(65)11-15-69-17-19-71-21-23-73-25-27-75-29-31-77-33-34-78-32-30-76-28-26-74-24-22-72-20-18-70-16-12-52(67)80-55-53(59)45(57)38-46(58)54(55)60/h35,37-38,41,43H,2-8,11-34,36,39-40H2,1H3,(H2,61,62). The van der Waals surface area contributed by atoms with Crippen LogP contribution in [0.1, 0.15) is 80.9 Å². The molecule has 0 bridgehead atoms. The van der Waals surface area contributed by atoms with E-state index in [2.05, 4.69) is 21.6 Å². The SMILES string of the molecule is CCCN(CCCCC(=O)OC1CCC1)C(=O)C1=Cc2sc(C#CC3CN(C(=O)CCOCCOCCOCCOCCOCCOCCOCCOCCOCCOCCC(=O)Oc4c(F)c(F)cc(F)c4F)C3)cc2N=C(N)C1. The van der Waals surface area contributed by atoms with Gasteiger partial charge in [0.2, 0.25) is 29.2 Å². The number of aliphatic imine (C=N–C) groups is 1. The Morgan fingerprint density at radius 3 is 1.63 bits per heavy atom. The molecule has 2 aromatic rings. The molecule has 3 aliphatic rings. The predicted octanol–water partition coefficient (Wildman–Crippen LogP) is 5.95. The van der Waals surface area contributed by atoms with E-state index in [0.29, 0.717) is 168 Å². The molecule has 1 saturated heterocycles. The Balaban J connectivity index is 0.740. The molecule has 0 radical (unpaired) electrons. The number of amidine groups is 1. The summed E-state index contributed by atoms with van der Waals surface area (Å²) in [6.45, 7) is 11.0. The van der Waals surface area contributed by atoms with Crippen LogP contribution in [0.2, 0.25) is 0 Å². The van der Waals surface area contributed by atoms with Crippen LogP contribution in [0.5, 0.6) is 5.75 Å². The van der Waals surface area contributed by atoms with Gasteiger partial charge in [-0.05, 0) is 50.7 Å². The highest BCUT2D eigenvalue weighted by Gasteiger charge is 2.29. The van der Waals surface area contributed by atoms with E-state index in [4.69, 9.17) is 57.8 Å². The van der Waals surface area contributed by atoms with Crippen LogP contribution < -0.4 is 10.5 Å². The fourth-order valence-electron chi connectivity index (χ4n) is 7.78. The van der Waals surface area contributed by atoms with Gasteiger partial charge in [0.15, 0.2) is 11.6 Å². The molecule has 25 heteroatoms. The Morgan fingerprint density at radius 2 is 1.15 bits per heavy atom. The van der Waals surface area contributed by atoms with E-state index in [9.17, 15) is 36.7 Å².